The first kappa shape index (κ1) is 13.4. The van der Waals surface area contributed by atoms with Gasteiger partial charge in [0, 0.05) is 24.7 Å². The summed E-state index contributed by atoms with van der Waals surface area (Å²) in [4.78, 5) is 17.0. The Bertz CT molecular complexity index is 503. The Balaban J connectivity index is 1.72. The van der Waals surface area contributed by atoms with Crippen LogP contribution in [0.1, 0.15) is 23.7 Å². The Morgan fingerprint density at radius 3 is 3.00 bits per heavy atom. The molecule has 108 valence electrons. The smallest absolute Gasteiger partial charge is 0.254 e. The van der Waals surface area contributed by atoms with Gasteiger partial charge in [-0.1, -0.05) is 6.07 Å². The highest BCUT2D eigenvalue weighted by Gasteiger charge is 2.41. The van der Waals surface area contributed by atoms with Gasteiger partial charge in [-0.05, 0) is 51.1 Å². The monoisotopic (exact) mass is 274 g/mol. The standard InChI is InChI=1S/C16H22N2O2/c1-3-20-14-6-4-5-12(9-14)16(19)18-10-13-7-8-17(2)15(13)11-18/h4-6,9,13,15H,3,7-8,10-11H2,1-2H3/t13-,15+/m0/s1. The molecule has 0 bridgehead atoms. The van der Waals surface area contributed by atoms with Gasteiger partial charge in [0.1, 0.15) is 5.75 Å². The van der Waals surface area contributed by atoms with Crippen molar-refractivity contribution in [2.24, 2.45) is 5.92 Å². The van der Waals surface area contributed by atoms with Crippen molar-refractivity contribution in [2.75, 3.05) is 33.3 Å². The number of hydrogen-bond acceptors (Lipinski definition) is 3. The molecule has 0 radical (unpaired) electrons. The molecule has 2 aliphatic heterocycles. The SMILES string of the molecule is CCOc1cccc(C(=O)N2C[C@@H]3CCN(C)[C@@H]3C2)c1. The summed E-state index contributed by atoms with van der Waals surface area (Å²) in [6.45, 7) is 5.49. The highest BCUT2D eigenvalue weighted by Crippen LogP contribution is 2.31. The fraction of sp³-hybridized carbons (Fsp3) is 0.562. The van der Waals surface area contributed by atoms with Crippen LogP contribution >= 0.6 is 0 Å². The molecule has 2 fully saturated rings. The number of benzene rings is 1. The maximum absolute atomic E-state index is 12.6. The molecular weight excluding hydrogens is 252 g/mol. The largest absolute Gasteiger partial charge is 0.494 e. The van der Waals surface area contributed by atoms with Crippen LogP contribution in [-0.2, 0) is 0 Å². The molecular formula is C16H22N2O2. The molecule has 2 atom stereocenters. The van der Waals surface area contributed by atoms with Gasteiger partial charge in [0.15, 0.2) is 0 Å². The number of hydrogen-bond donors (Lipinski definition) is 0. The first-order valence-electron chi connectivity index (χ1n) is 7.41. The molecule has 2 saturated heterocycles. The van der Waals surface area contributed by atoms with Crippen LogP contribution in [0, 0.1) is 5.92 Å². The summed E-state index contributed by atoms with van der Waals surface area (Å²) in [6.07, 6.45) is 1.21. The van der Waals surface area contributed by atoms with Crippen LogP contribution in [0.5, 0.6) is 5.75 Å². The van der Waals surface area contributed by atoms with E-state index >= 15 is 0 Å². The number of amides is 1. The zero-order valence-electron chi connectivity index (χ0n) is 12.2. The van der Waals surface area contributed by atoms with E-state index in [-0.39, 0.29) is 5.91 Å². The number of likely N-dealkylation sites (N-methyl/N-ethyl adjacent to an activating group) is 1. The van der Waals surface area contributed by atoms with E-state index in [9.17, 15) is 4.79 Å². The minimum Gasteiger partial charge on any atom is -0.494 e. The molecule has 1 aromatic rings. The van der Waals surface area contributed by atoms with E-state index in [1.54, 1.807) is 0 Å². The molecule has 1 amide bonds. The summed E-state index contributed by atoms with van der Waals surface area (Å²) in [7, 11) is 2.16. The molecule has 1 aromatic carbocycles. The number of nitrogens with zero attached hydrogens (tertiary/aromatic N) is 2. The molecule has 0 unspecified atom stereocenters. The molecule has 0 aromatic heterocycles. The van der Waals surface area contributed by atoms with Crippen molar-refractivity contribution in [2.45, 2.75) is 19.4 Å². The van der Waals surface area contributed by atoms with Crippen molar-refractivity contribution in [1.82, 2.24) is 9.80 Å². The van der Waals surface area contributed by atoms with E-state index in [1.165, 1.54) is 6.42 Å². The van der Waals surface area contributed by atoms with E-state index < -0.39 is 0 Å². The first-order chi connectivity index (χ1) is 9.69. The van der Waals surface area contributed by atoms with Gasteiger partial charge in [0.25, 0.3) is 5.91 Å². The van der Waals surface area contributed by atoms with Gasteiger partial charge in [-0.15, -0.1) is 0 Å². The van der Waals surface area contributed by atoms with Gasteiger partial charge in [-0.2, -0.15) is 0 Å². The van der Waals surface area contributed by atoms with Gasteiger partial charge in [0.2, 0.25) is 0 Å². The van der Waals surface area contributed by atoms with Crippen LogP contribution < -0.4 is 4.74 Å². The summed E-state index contributed by atoms with van der Waals surface area (Å²) >= 11 is 0. The average molecular weight is 274 g/mol. The van der Waals surface area contributed by atoms with Crippen LogP contribution in [0.15, 0.2) is 24.3 Å². The summed E-state index contributed by atoms with van der Waals surface area (Å²) in [5, 5.41) is 0. The third-order valence-electron chi connectivity index (χ3n) is 4.50. The van der Waals surface area contributed by atoms with Crippen molar-refractivity contribution < 1.29 is 9.53 Å². The maximum atomic E-state index is 12.6. The second kappa shape index (κ2) is 5.44. The highest BCUT2D eigenvalue weighted by atomic mass is 16.5. The molecule has 0 spiro atoms. The molecule has 0 N–H and O–H groups in total. The molecule has 0 aliphatic carbocycles. The molecule has 3 rings (SSSR count). The van der Waals surface area contributed by atoms with Crippen LogP contribution in [0.3, 0.4) is 0 Å². The quantitative estimate of drug-likeness (QED) is 0.843. The van der Waals surface area contributed by atoms with E-state index in [0.717, 1.165) is 30.9 Å². The molecule has 2 aliphatic rings. The van der Waals surface area contributed by atoms with Crippen LogP contribution in [-0.4, -0.2) is 55.0 Å². The molecule has 20 heavy (non-hydrogen) atoms. The van der Waals surface area contributed by atoms with Crippen molar-refractivity contribution in [3.8, 4) is 5.75 Å². The van der Waals surface area contributed by atoms with Gasteiger partial charge >= 0.3 is 0 Å². The van der Waals surface area contributed by atoms with Crippen molar-refractivity contribution >= 4 is 5.91 Å². The van der Waals surface area contributed by atoms with Crippen molar-refractivity contribution in [3.05, 3.63) is 29.8 Å². The topological polar surface area (TPSA) is 32.8 Å². The van der Waals surface area contributed by atoms with Crippen molar-refractivity contribution in [1.29, 1.82) is 0 Å². The van der Waals surface area contributed by atoms with E-state index in [0.29, 0.717) is 18.6 Å². The second-order valence-electron chi connectivity index (χ2n) is 5.77. The maximum Gasteiger partial charge on any atom is 0.254 e. The number of ether oxygens (including phenoxy) is 1. The lowest BCUT2D eigenvalue weighted by molar-refractivity contribution is 0.0774. The minimum atomic E-state index is 0.134. The van der Waals surface area contributed by atoms with E-state index in [1.807, 2.05) is 36.1 Å². The minimum absolute atomic E-state index is 0.134. The molecule has 2 heterocycles. The molecule has 0 saturated carbocycles. The van der Waals surface area contributed by atoms with E-state index in [4.69, 9.17) is 4.74 Å². The molecule has 4 heteroatoms. The summed E-state index contributed by atoms with van der Waals surface area (Å²) in [5.41, 5.74) is 0.735. The lowest BCUT2D eigenvalue weighted by Crippen LogP contribution is -2.35. The van der Waals surface area contributed by atoms with E-state index in [2.05, 4.69) is 11.9 Å². The van der Waals surface area contributed by atoms with Crippen molar-refractivity contribution in [3.63, 3.8) is 0 Å². The van der Waals surface area contributed by atoms with Crippen LogP contribution in [0.2, 0.25) is 0 Å². The fourth-order valence-electron chi connectivity index (χ4n) is 3.41. The number of fused-ring (bicyclic) bond motifs is 1. The summed E-state index contributed by atoms with van der Waals surface area (Å²) in [5.74, 6) is 1.56. The fourth-order valence-corrected chi connectivity index (χ4v) is 3.41. The Kier molecular flexibility index (Phi) is 3.66. The third kappa shape index (κ3) is 2.40. The number of carbonyl (C=O) groups excluding carboxylic acids is 1. The average Bonchev–Trinajstić information content (AvgIpc) is 3.01. The Labute approximate surface area is 120 Å². The first-order valence-corrected chi connectivity index (χ1v) is 7.41. The van der Waals surface area contributed by atoms with Gasteiger partial charge in [-0.3, -0.25) is 4.79 Å². The Morgan fingerprint density at radius 1 is 1.40 bits per heavy atom. The number of carbonyl (C=O) groups is 1. The van der Waals surface area contributed by atoms with Crippen LogP contribution in [0.25, 0.3) is 0 Å². The Morgan fingerprint density at radius 2 is 2.25 bits per heavy atom. The normalized spacial score (nSPS) is 25.8. The third-order valence-corrected chi connectivity index (χ3v) is 4.50. The molecule has 4 nitrogen and oxygen atoms in total. The second-order valence-corrected chi connectivity index (χ2v) is 5.77. The zero-order valence-corrected chi connectivity index (χ0v) is 12.2. The van der Waals surface area contributed by atoms with Gasteiger partial charge in [0.05, 0.1) is 6.61 Å². The predicted molar refractivity (Wildman–Crippen MR) is 78.0 cm³/mol. The highest BCUT2D eigenvalue weighted by molar-refractivity contribution is 5.94. The number of rotatable bonds is 3. The predicted octanol–water partition coefficient (Wildman–Crippen LogP) is 1.86. The lowest BCUT2D eigenvalue weighted by Gasteiger charge is -2.21. The lowest BCUT2D eigenvalue weighted by atomic mass is 10.1. The van der Waals surface area contributed by atoms with Gasteiger partial charge in [-0.25, -0.2) is 0 Å². The zero-order chi connectivity index (χ0) is 14.1. The Hall–Kier alpha value is -1.55. The summed E-state index contributed by atoms with van der Waals surface area (Å²) in [6, 6.07) is 8.06. The number of likely N-dealkylation sites (tertiary alicyclic amines) is 2. The summed E-state index contributed by atoms with van der Waals surface area (Å²) < 4.78 is 5.47. The van der Waals surface area contributed by atoms with Gasteiger partial charge < -0.3 is 14.5 Å². The van der Waals surface area contributed by atoms with Crippen LogP contribution in [0.4, 0.5) is 0 Å².